The summed E-state index contributed by atoms with van der Waals surface area (Å²) in [6.07, 6.45) is 3.56. The fourth-order valence-electron chi connectivity index (χ4n) is 2.77. The molecule has 0 fully saturated rings. The topological polar surface area (TPSA) is 33.3 Å². The summed E-state index contributed by atoms with van der Waals surface area (Å²) < 4.78 is 28.0. The molecule has 0 spiro atoms. The number of aromatic nitrogens is 1. The molecule has 6 heteroatoms. The van der Waals surface area contributed by atoms with Crippen molar-refractivity contribution < 1.29 is 18.1 Å². The Morgan fingerprint density at radius 1 is 1.04 bits per heavy atom. The highest BCUT2D eigenvalue weighted by Crippen LogP contribution is 2.14. The van der Waals surface area contributed by atoms with Crippen LogP contribution in [-0.2, 0) is 19.2 Å². The second-order valence-corrected chi connectivity index (χ2v) is 6.80. The normalized spacial score (nSPS) is 12.6. The predicted octanol–water partition coefficient (Wildman–Crippen LogP) is 4.13. The Labute approximate surface area is 167 Å². The van der Waals surface area contributed by atoms with Crippen LogP contribution in [0, 0.1) is 18.6 Å². The van der Waals surface area contributed by atoms with Gasteiger partial charge in [0.1, 0.15) is 11.6 Å². The van der Waals surface area contributed by atoms with Gasteiger partial charge in [-0.05, 0) is 60.0 Å². The van der Waals surface area contributed by atoms with Crippen molar-refractivity contribution >= 4 is 23.5 Å². The van der Waals surface area contributed by atoms with Crippen molar-refractivity contribution in [1.29, 1.82) is 0 Å². The zero-order chi connectivity index (χ0) is 20.1. The molecule has 0 amide bonds. The van der Waals surface area contributed by atoms with Crippen LogP contribution in [0.2, 0.25) is 0 Å². The van der Waals surface area contributed by atoms with Gasteiger partial charge in [0, 0.05) is 17.2 Å². The third-order valence-electron chi connectivity index (χ3n) is 4.21. The lowest BCUT2D eigenvalue weighted by molar-refractivity contribution is -0.692. The van der Waals surface area contributed by atoms with Crippen LogP contribution in [0.5, 0.6) is 0 Å². The van der Waals surface area contributed by atoms with Crippen LogP contribution in [-0.4, -0.2) is 10.8 Å². The molecule has 0 unspecified atom stereocenters. The molecule has 3 aromatic rings. The summed E-state index contributed by atoms with van der Waals surface area (Å²) in [7, 11) is 0. The summed E-state index contributed by atoms with van der Waals surface area (Å²) in [5.41, 5.74) is 2.09. The number of aryl methyl sites for hydroxylation is 1. The van der Waals surface area contributed by atoms with E-state index in [0.717, 1.165) is 11.1 Å². The Hall–Kier alpha value is -2.99. The number of aliphatic imine (C=N–C) groups is 1. The van der Waals surface area contributed by atoms with E-state index in [2.05, 4.69) is 4.99 Å². The molecule has 0 saturated heterocycles. The van der Waals surface area contributed by atoms with Crippen molar-refractivity contribution in [3.63, 3.8) is 0 Å². The molecule has 1 atom stereocenters. The average Bonchev–Trinajstić information content (AvgIpc) is 2.68. The first-order chi connectivity index (χ1) is 13.4. The minimum atomic E-state index is -0.833. The van der Waals surface area contributed by atoms with E-state index in [9.17, 15) is 13.6 Å². The highest BCUT2D eigenvalue weighted by molar-refractivity contribution is 7.77. The van der Waals surface area contributed by atoms with Crippen LogP contribution in [0.3, 0.4) is 0 Å². The van der Waals surface area contributed by atoms with Gasteiger partial charge >= 0.3 is 0 Å². The van der Waals surface area contributed by atoms with Gasteiger partial charge in [-0.25, -0.2) is 8.78 Å². The summed E-state index contributed by atoms with van der Waals surface area (Å²) in [4.78, 5) is 17.5. The van der Waals surface area contributed by atoms with Crippen LogP contribution in [0.25, 0.3) is 0 Å². The standard InChI is InChI=1S/C22H18F2N2OS/c1-15-3-2-12-26(14-15)20(21(27)17-6-10-19(24)11-7-17)22(28)25-13-16-4-8-18(23)9-5-16/h2-12,14,20H,13H2,1H3/t20-/m0/s1. The second kappa shape index (κ2) is 8.80. The van der Waals surface area contributed by atoms with Crippen LogP contribution in [0.15, 0.2) is 78.0 Å². The van der Waals surface area contributed by atoms with Crippen molar-refractivity contribution in [3.8, 4) is 0 Å². The summed E-state index contributed by atoms with van der Waals surface area (Å²) in [6, 6.07) is 14.2. The minimum absolute atomic E-state index is 0.203. The van der Waals surface area contributed by atoms with Gasteiger partial charge < -0.3 is 17.6 Å². The molecule has 1 aromatic heterocycles. The van der Waals surface area contributed by atoms with E-state index in [-0.39, 0.29) is 23.2 Å². The smallest absolute Gasteiger partial charge is 0.237 e. The van der Waals surface area contributed by atoms with Crippen molar-refractivity contribution in [3.05, 3.63) is 101 Å². The Kier molecular flexibility index (Phi) is 6.21. The molecule has 1 heterocycles. The Morgan fingerprint density at radius 3 is 2.25 bits per heavy atom. The summed E-state index contributed by atoms with van der Waals surface area (Å²) in [5, 5.41) is 0.203. The molecule has 3 nitrogen and oxygen atoms in total. The molecule has 0 aliphatic heterocycles. The minimum Gasteiger partial charge on any atom is -0.758 e. The number of pyridine rings is 1. The quantitative estimate of drug-likeness (QED) is 0.206. The van der Waals surface area contributed by atoms with Crippen molar-refractivity contribution in [2.45, 2.75) is 19.5 Å². The SMILES string of the molecule is Cc1ccc[n+]([C@@H](C(=O)c2ccc(F)cc2)C([S-])=NCc2ccc(F)cc2)c1. The van der Waals surface area contributed by atoms with Gasteiger partial charge in [-0.1, -0.05) is 12.1 Å². The Bertz CT molecular complexity index is 1000. The largest absolute Gasteiger partial charge is 0.758 e. The third kappa shape index (κ3) is 4.84. The van der Waals surface area contributed by atoms with Crippen LogP contribution < -0.4 is 4.57 Å². The predicted molar refractivity (Wildman–Crippen MR) is 106 cm³/mol. The number of hydrogen-bond acceptors (Lipinski definition) is 3. The molecular weight excluding hydrogens is 378 g/mol. The molecule has 0 saturated carbocycles. The maximum absolute atomic E-state index is 13.2. The van der Waals surface area contributed by atoms with Gasteiger partial charge in [0.05, 0.1) is 6.54 Å². The summed E-state index contributed by atoms with van der Waals surface area (Å²) in [5.74, 6) is -1.02. The van der Waals surface area contributed by atoms with Gasteiger partial charge in [0.15, 0.2) is 12.4 Å². The number of carbonyl (C=O) groups is 1. The van der Waals surface area contributed by atoms with Gasteiger partial charge in [-0.15, -0.1) is 0 Å². The number of carbonyl (C=O) groups excluding carboxylic acids is 1. The lowest BCUT2D eigenvalue weighted by Crippen LogP contribution is -2.47. The van der Waals surface area contributed by atoms with E-state index < -0.39 is 11.9 Å². The Morgan fingerprint density at radius 2 is 1.64 bits per heavy atom. The van der Waals surface area contributed by atoms with E-state index >= 15 is 0 Å². The lowest BCUT2D eigenvalue weighted by atomic mass is 10.0. The Balaban J connectivity index is 1.95. The molecule has 0 N–H and O–H groups in total. The van der Waals surface area contributed by atoms with Crippen LogP contribution >= 0.6 is 0 Å². The molecule has 0 bridgehead atoms. The summed E-state index contributed by atoms with van der Waals surface area (Å²) >= 11 is 5.47. The fourth-order valence-corrected chi connectivity index (χ4v) is 3.06. The van der Waals surface area contributed by atoms with E-state index in [1.54, 1.807) is 22.9 Å². The zero-order valence-corrected chi connectivity index (χ0v) is 16.0. The van der Waals surface area contributed by atoms with E-state index in [0.29, 0.717) is 5.56 Å². The molecular formula is C22H18F2N2OS. The number of hydrogen-bond donors (Lipinski definition) is 0. The monoisotopic (exact) mass is 396 g/mol. The van der Waals surface area contributed by atoms with Crippen LogP contribution in [0.1, 0.15) is 27.5 Å². The maximum Gasteiger partial charge on any atom is 0.237 e. The first-order valence-electron chi connectivity index (χ1n) is 8.67. The fraction of sp³-hybridized carbons (Fsp3) is 0.136. The number of halogens is 2. The van der Waals surface area contributed by atoms with Gasteiger partial charge in [-0.3, -0.25) is 4.79 Å². The van der Waals surface area contributed by atoms with Crippen molar-refractivity contribution in [2.75, 3.05) is 0 Å². The van der Waals surface area contributed by atoms with Crippen LogP contribution in [0.4, 0.5) is 8.78 Å². The molecule has 28 heavy (non-hydrogen) atoms. The highest BCUT2D eigenvalue weighted by atomic mass is 32.1. The van der Waals surface area contributed by atoms with Gasteiger partial charge in [-0.2, -0.15) is 4.57 Å². The first-order valence-corrected chi connectivity index (χ1v) is 9.08. The average molecular weight is 396 g/mol. The second-order valence-electron chi connectivity index (χ2n) is 6.38. The molecule has 0 radical (unpaired) electrons. The number of Topliss-reactive ketones (excluding diaryl/α,β-unsaturated/α-hetero) is 1. The third-order valence-corrected chi connectivity index (χ3v) is 4.56. The van der Waals surface area contributed by atoms with E-state index in [1.165, 1.54) is 36.4 Å². The van der Waals surface area contributed by atoms with E-state index in [4.69, 9.17) is 12.6 Å². The molecule has 0 aliphatic carbocycles. The number of rotatable bonds is 6. The number of benzene rings is 2. The molecule has 142 valence electrons. The number of ketones is 1. The molecule has 0 aliphatic rings. The van der Waals surface area contributed by atoms with Gasteiger partial charge in [0.25, 0.3) is 0 Å². The van der Waals surface area contributed by atoms with Gasteiger partial charge in [0.2, 0.25) is 11.8 Å². The number of nitrogens with zero attached hydrogens (tertiary/aromatic N) is 2. The van der Waals surface area contributed by atoms with E-state index in [1.807, 2.05) is 25.3 Å². The molecule has 3 rings (SSSR count). The maximum atomic E-state index is 13.2. The first kappa shape index (κ1) is 19.8. The summed E-state index contributed by atoms with van der Waals surface area (Å²) in [6.45, 7) is 2.15. The van der Waals surface area contributed by atoms with Crippen molar-refractivity contribution in [2.24, 2.45) is 4.99 Å². The highest BCUT2D eigenvalue weighted by Gasteiger charge is 2.28. The zero-order valence-electron chi connectivity index (χ0n) is 15.2. The molecule has 2 aromatic carbocycles. The lowest BCUT2D eigenvalue weighted by Gasteiger charge is -2.19. The van der Waals surface area contributed by atoms with Crippen molar-refractivity contribution in [1.82, 2.24) is 0 Å².